The molecular formula is C13H23N5O6S3. The lowest BCUT2D eigenvalue weighted by molar-refractivity contribution is -0.141. The van der Waals surface area contributed by atoms with E-state index in [2.05, 4.69) is 53.8 Å². The summed E-state index contributed by atoms with van der Waals surface area (Å²) >= 11 is 11.6. The smallest absolute Gasteiger partial charge is 0.327 e. The summed E-state index contributed by atoms with van der Waals surface area (Å²) < 4.78 is 0. The van der Waals surface area contributed by atoms with Gasteiger partial charge in [0, 0.05) is 17.3 Å². The molecule has 11 nitrogen and oxygen atoms in total. The summed E-state index contributed by atoms with van der Waals surface area (Å²) in [5.41, 5.74) is 10.6. The highest BCUT2D eigenvalue weighted by atomic mass is 32.1. The largest absolute Gasteiger partial charge is 0.480 e. The highest BCUT2D eigenvalue weighted by Gasteiger charge is 2.30. The zero-order valence-electron chi connectivity index (χ0n) is 14.1. The van der Waals surface area contributed by atoms with Crippen molar-refractivity contribution >= 4 is 67.5 Å². The van der Waals surface area contributed by atoms with Crippen LogP contribution >= 0.6 is 37.9 Å². The zero-order chi connectivity index (χ0) is 21.1. The minimum atomic E-state index is -1.45. The normalized spacial score (nSPS) is 15.0. The second-order valence-corrected chi connectivity index (χ2v) is 6.44. The average molecular weight is 442 g/mol. The first kappa shape index (κ1) is 25.4. The van der Waals surface area contributed by atoms with E-state index < -0.39 is 60.2 Å². The first-order valence-electron chi connectivity index (χ1n) is 7.57. The van der Waals surface area contributed by atoms with E-state index in [-0.39, 0.29) is 17.3 Å². The van der Waals surface area contributed by atoms with Crippen molar-refractivity contribution in [2.45, 2.75) is 30.6 Å². The van der Waals surface area contributed by atoms with Gasteiger partial charge in [-0.2, -0.15) is 37.9 Å². The minimum absolute atomic E-state index is 0.0414. The molecule has 8 N–H and O–H groups in total. The fraction of sp³-hybridized carbons (Fsp3) is 0.615. The summed E-state index contributed by atoms with van der Waals surface area (Å²) in [6.07, 6.45) is -0.583. The van der Waals surface area contributed by atoms with E-state index >= 15 is 0 Å². The lowest BCUT2D eigenvalue weighted by Gasteiger charge is -2.23. The quantitative estimate of drug-likeness (QED) is 0.140. The van der Waals surface area contributed by atoms with Crippen molar-refractivity contribution in [1.82, 2.24) is 16.0 Å². The Hall–Kier alpha value is -1.64. The number of hydrogen-bond donors (Lipinski definition) is 9. The molecule has 4 amide bonds. The van der Waals surface area contributed by atoms with E-state index in [9.17, 15) is 24.0 Å². The monoisotopic (exact) mass is 441 g/mol. The Morgan fingerprint density at radius 3 is 1.63 bits per heavy atom. The number of amides is 4. The Balaban J connectivity index is 5.16. The van der Waals surface area contributed by atoms with Crippen LogP contribution in [0.5, 0.6) is 0 Å². The summed E-state index contributed by atoms with van der Waals surface area (Å²) in [6, 6.07) is -4.90. The van der Waals surface area contributed by atoms with Crippen molar-refractivity contribution in [2.24, 2.45) is 11.5 Å². The predicted molar refractivity (Wildman–Crippen MR) is 107 cm³/mol. The number of nitrogens with two attached hydrogens (primary N) is 2. The van der Waals surface area contributed by atoms with Crippen LogP contribution in [-0.2, 0) is 24.0 Å². The number of carboxylic acids is 1. The SMILES string of the molecule is NC(=O)CC(NC(=O)C(CS)NC(=O)C(N)CS)C(=O)NC(CS)C(=O)O. The standard InChI is InChI=1S/C13H23N5O6S3/c14-5(2-25)10(20)17-7(3-26)12(22)16-6(1-9(15)19)11(21)18-8(4-27)13(23)24/h5-8,25-27H,1-4,14H2,(H2,15,19)(H,16,22)(H,17,20)(H,18,21)(H,23,24). The van der Waals surface area contributed by atoms with Crippen molar-refractivity contribution in [1.29, 1.82) is 0 Å². The van der Waals surface area contributed by atoms with Gasteiger partial charge in [-0.25, -0.2) is 4.79 Å². The average Bonchev–Trinajstić information content (AvgIpc) is 2.61. The maximum Gasteiger partial charge on any atom is 0.327 e. The molecule has 0 heterocycles. The van der Waals surface area contributed by atoms with Gasteiger partial charge in [0.25, 0.3) is 0 Å². The number of nitrogens with one attached hydrogen (secondary N) is 3. The number of thiol groups is 3. The second kappa shape index (κ2) is 12.7. The summed E-state index contributed by atoms with van der Waals surface area (Å²) in [6.45, 7) is 0. The first-order chi connectivity index (χ1) is 12.6. The van der Waals surface area contributed by atoms with Gasteiger partial charge in [0.1, 0.15) is 18.1 Å². The zero-order valence-corrected chi connectivity index (χ0v) is 16.8. The molecule has 4 unspecified atom stereocenters. The molecule has 0 saturated carbocycles. The van der Waals surface area contributed by atoms with Crippen LogP contribution in [0.4, 0.5) is 0 Å². The number of aliphatic carboxylic acids is 1. The Bertz CT molecular complexity index is 579. The van der Waals surface area contributed by atoms with Crippen LogP contribution in [0.15, 0.2) is 0 Å². The van der Waals surface area contributed by atoms with Crippen molar-refractivity contribution in [3.63, 3.8) is 0 Å². The topological polar surface area (TPSA) is 194 Å². The molecule has 14 heteroatoms. The maximum atomic E-state index is 12.3. The van der Waals surface area contributed by atoms with Gasteiger partial charge in [-0.05, 0) is 0 Å². The van der Waals surface area contributed by atoms with Crippen molar-refractivity contribution in [3.8, 4) is 0 Å². The predicted octanol–water partition coefficient (Wildman–Crippen LogP) is -3.48. The van der Waals surface area contributed by atoms with Crippen molar-refractivity contribution < 1.29 is 29.1 Å². The Morgan fingerprint density at radius 1 is 0.778 bits per heavy atom. The molecule has 0 aromatic carbocycles. The second-order valence-electron chi connectivity index (χ2n) is 5.35. The highest BCUT2D eigenvalue weighted by molar-refractivity contribution is 7.80. The van der Waals surface area contributed by atoms with Gasteiger partial charge in [0.2, 0.25) is 23.6 Å². The third kappa shape index (κ3) is 9.21. The van der Waals surface area contributed by atoms with Gasteiger partial charge in [-0.1, -0.05) is 0 Å². The van der Waals surface area contributed by atoms with Gasteiger partial charge >= 0.3 is 5.97 Å². The van der Waals surface area contributed by atoms with Gasteiger partial charge in [-0.3, -0.25) is 19.2 Å². The molecule has 0 spiro atoms. The molecule has 4 atom stereocenters. The Morgan fingerprint density at radius 2 is 1.22 bits per heavy atom. The van der Waals surface area contributed by atoms with E-state index in [1.807, 2.05) is 0 Å². The number of carbonyl (C=O) groups is 5. The van der Waals surface area contributed by atoms with Gasteiger partial charge in [0.05, 0.1) is 12.5 Å². The van der Waals surface area contributed by atoms with E-state index in [0.29, 0.717) is 0 Å². The number of primary amides is 1. The summed E-state index contributed by atoms with van der Waals surface area (Å²) in [4.78, 5) is 58.5. The molecule has 0 bridgehead atoms. The fourth-order valence-electron chi connectivity index (χ4n) is 1.70. The molecule has 0 fully saturated rings. The number of carboxylic acid groups (broad SMARTS) is 1. The molecule has 154 valence electrons. The summed E-state index contributed by atoms with van der Waals surface area (Å²) in [5, 5.41) is 15.6. The molecule has 0 saturated heterocycles. The van der Waals surface area contributed by atoms with E-state index in [0.717, 1.165) is 0 Å². The lowest BCUT2D eigenvalue weighted by Crippen LogP contribution is -2.58. The van der Waals surface area contributed by atoms with Gasteiger partial charge in [-0.15, -0.1) is 0 Å². The molecule has 0 aromatic heterocycles. The highest BCUT2D eigenvalue weighted by Crippen LogP contribution is 1.99. The molecule has 27 heavy (non-hydrogen) atoms. The van der Waals surface area contributed by atoms with Crippen molar-refractivity contribution in [3.05, 3.63) is 0 Å². The first-order valence-corrected chi connectivity index (χ1v) is 9.47. The fourth-order valence-corrected chi connectivity index (χ4v) is 2.37. The van der Waals surface area contributed by atoms with Gasteiger partial charge < -0.3 is 32.5 Å². The van der Waals surface area contributed by atoms with E-state index in [4.69, 9.17) is 16.6 Å². The van der Waals surface area contributed by atoms with Crippen LogP contribution in [0.3, 0.4) is 0 Å². The Labute approximate surface area is 172 Å². The van der Waals surface area contributed by atoms with Crippen LogP contribution in [-0.4, -0.2) is 76.1 Å². The Kier molecular flexibility index (Phi) is 11.9. The maximum absolute atomic E-state index is 12.3. The van der Waals surface area contributed by atoms with Crippen molar-refractivity contribution in [2.75, 3.05) is 17.3 Å². The number of carbonyl (C=O) groups excluding carboxylic acids is 4. The van der Waals surface area contributed by atoms with Crippen LogP contribution in [0.25, 0.3) is 0 Å². The van der Waals surface area contributed by atoms with Crippen LogP contribution in [0.1, 0.15) is 6.42 Å². The van der Waals surface area contributed by atoms with Crippen LogP contribution < -0.4 is 27.4 Å². The molecular weight excluding hydrogens is 418 g/mol. The molecule has 0 aliphatic rings. The molecule has 0 rings (SSSR count). The summed E-state index contributed by atoms with van der Waals surface area (Å²) in [5.74, 6) is -4.98. The van der Waals surface area contributed by atoms with Crippen LogP contribution in [0, 0.1) is 0 Å². The number of hydrogen-bond acceptors (Lipinski definition) is 9. The minimum Gasteiger partial charge on any atom is -0.480 e. The lowest BCUT2D eigenvalue weighted by atomic mass is 10.1. The molecule has 0 aliphatic heterocycles. The molecule has 0 aliphatic carbocycles. The third-order valence-electron chi connectivity index (χ3n) is 3.18. The van der Waals surface area contributed by atoms with Gasteiger partial charge in [0.15, 0.2) is 0 Å². The van der Waals surface area contributed by atoms with Crippen LogP contribution in [0.2, 0.25) is 0 Å². The number of rotatable bonds is 12. The third-order valence-corrected chi connectivity index (χ3v) is 4.31. The van der Waals surface area contributed by atoms with E-state index in [1.165, 1.54) is 0 Å². The summed E-state index contributed by atoms with van der Waals surface area (Å²) in [7, 11) is 0. The van der Waals surface area contributed by atoms with E-state index in [1.54, 1.807) is 0 Å². The molecule has 0 radical (unpaired) electrons. The molecule has 0 aromatic rings.